The molecule has 0 aliphatic rings. The summed E-state index contributed by atoms with van der Waals surface area (Å²) in [7, 11) is -2.44. The maximum atomic E-state index is 15.4. The van der Waals surface area contributed by atoms with Gasteiger partial charge in [-0.25, -0.2) is 87.8 Å². The number of rotatable bonds is 9. The lowest BCUT2D eigenvalue weighted by Gasteiger charge is -2.44. The van der Waals surface area contributed by atoms with Gasteiger partial charge in [-0.3, -0.25) is 4.79 Å². The molecule has 0 saturated carbocycles. The minimum atomic E-state index is -7.22. The van der Waals surface area contributed by atoms with Crippen molar-refractivity contribution < 1.29 is 102 Å². The Balaban J connectivity index is 0.000000270. The third-order valence-corrected chi connectivity index (χ3v) is 13.3. The van der Waals surface area contributed by atoms with Crippen LogP contribution in [-0.4, -0.2) is 12.1 Å². The Morgan fingerprint density at radius 1 is 0.371 bits per heavy atom. The lowest BCUT2D eigenvalue weighted by Crippen LogP contribution is -2.81. The number of hydrogen-bond donors (Lipinski definition) is 0. The average molecular weight is 1030 g/mol. The second kappa shape index (κ2) is 19.7. The maximum Gasteiger partial charge on any atom is 0.308 e. The topological polar surface area (TPSA) is 43.4 Å². The molecule has 3 nitrogen and oxygen atoms in total. The third-order valence-electron chi connectivity index (χ3n) is 10.5. The zero-order chi connectivity index (χ0) is 52.1. The SMILES string of the molecule is CC(=O)Oc1ccc(C[S+](=O)(c2ccccc2)c2ccccc2)cc1.Fc1c(F)c(F)c([B-](c2c(F)c(F)c(F)c(F)c2F)(c2c(F)c(F)c(F)c(F)c2F)c2c(F)c(F)c(F)c(F)c2F)c(F)c1F. The number of ether oxygens (including phenoxy) is 1. The first-order chi connectivity index (χ1) is 32.8. The van der Waals surface area contributed by atoms with E-state index in [4.69, 9.17) is 4.74 Å². The van der Waals surface area contributed by atoms with Crippen LogP contribution in [0.1, 0.15) is 12.5 Å². The molecule has 0 amide bonds. The van der Waals surface area contributed by atoms with Gasteiger partial charge in [-0.05, 0) is 36.4 Å². The molecular formula is C45H19BF20O3S. The highest BCUT2D eigenvalue weighted by Crippen LogP contribution is 2.34. The third kappa shape index (κ3) is 8.52. The van der Waals surface area contributed by atoms with Crippen LogP contribution in [0.2, 0.25) is 0 Å². The van der Waals surface area contributed by atoms with Crippen LogP contribution in [0.15, 0.2) is 94.7 Å². The molecule has 0 aromatic heterocycles. The molecule has 0 N–H and O–H groups in total. The Bertz CT molecular complexity index is 2840. The van der Waals surface area contributed by atoms with E-state index >= 15 is 35.1 Å². The molecule has 7 aromatic rings. The van der Waals surface area contributed by atoms with Crippen molar-refractivity contribution in [1.82, 2.24) is 0 Å². The minimum Gasteiger partial charge on any atom is -0.427 e. The van der Waals surface area contributed by atoms with Crippen LogP contribution >= 0.6 is 0 Å². The standard InChI is InChI=1S/C24BF20.C21H19O3S/c26-5-1(6(27)14(35)21(42)13(5)34)25(2-7(28)15(36)22(43)16(37)8(2)29,3-9(30)17(38)23(44)18(39)10(3)31)4-11(32)19(40)24(45)20(41)12(4)33;1-17(22)24-19-14-12-18(13-15-19)16-25(23,20-8-4-2-5-9-20)21-10-6-3-7-11-21/h;2-15H,16H2,1H3/q-1;+1. The second-order valence-corrected chi connectivity index (χ2v) is 17.1. The molecule has 25 heteroatoms. The number of hydrogen-bond acceptors (Lipinski definition) is 3. The zero-order valence-corrected chi connectivity index (χ0v) is 34.9. The molecule has 0 aliphatic carbocycles. The van der Waals surface area contributed by atoms with Gasteiger partial charge in [-0.1, -0.05) is 52.7 Å². The molecule has 0 saturated heterocycles. The summed E-state index contributed by atoms with van der Waals surface area (Å²) in [6.07, 6.45) is -7.22. The van der Waals surface area contributed by atoms with E-state index in [0.717, 1.165) is 15.4 Å². The van der Waals surface area contributed by atoms with Crippen LogP contribution in [0.4, 0.5) is 87.8 Å². The Morgan fingerprint density at radius 3 is 0.829 bits per heavy atom. The number of carbonyl (C=O) groups excluding carboxylic acids is 1. The zero-order valence-electron chi connectivity index (χ0n) is 34.1. The highest BCUT2D eigenvalue weighted by atomic mass is 32.2. The molecule has 7 aromatic carbocycles. The molecule has 0 aliphatic heterocycles. The van der Waals surface area contributed by atoms with Gasteiger partial charge in [-0.2, -0.15) is 0 Å². The lowest BCUT2D eigenvalue weighted by molar-refractivity contribution is -0.131. The van der Waals surface area contributed by atoms with Gasteiger partial charge in [0.05, 0.1) is 0 Å². The maximum absolute atomic E-state index is 15.4. The van der Waals surface area contributed by atoms with Gasteiger partial charge >= 0.3 is 5.97 Å². The summed E-state index contributed by atoms with van der Waals surface area (Å²) in [5, 5.41) is 0. The van der Waals surface area contributed by atoms with Crippen molar-refractivity contribution in [2.75, 3.05) is 0 Å². The molecule has 0 unspecified atom stereocenters. The number of carbonyl (C=O) groups is 1. The summed E-state index contributed by atoms with van der Waals surface area (Å²) in [6.45, 7) is 1.37. The lowest BCUT2D eigenvalue weighted by atomic mass is 9.12. The molecule has 0 heterocycles. The van der Waals surface area contributed by atoms with Crippen molar-refractivity contribution in [3.05, 3.63) is 207 Å². The summed E-state index contributed by atoms with van der Waals surface area (Å²) in [6, 6.07) is 26.2. The average Bonchev–Trinajstić information content (AvgIpc) is 3.35. The minimum absolute atomic E-state index is 0.356. The van der Waals surface area contributed by atoms with Crippen LogP contribution in [0, 0.1) is 116 Å². The quantitative estimate of drug-likeness (QED) is 0.0275. The van der Waals surface area contributed by atoms with Crippen LogP contribution in [0.25, 0.3) is 0 Å². The molecule has 70 heavy (non-hydrogen) atoms. The summed E-state index contributed by atoms with van der Waals surface area (Å²) in [5.74, 6) is -70.9. The highest BCUT2D eigenvalue weighted by molar-refractivity contribution is 8.02. The van der Waals surface area contributed by atoms with Crippen LogP contribution in [0.5, 0.6) is 5.75 Å². The van der Waals surface area contributed by atoms with Gasteiger partial charge < -0.3 is 4.74 Å². The summed E-state index contributed by atoms with van der Waals surface area (Å²) < 4.78 is 313. The normalized spacial score (nSPS) is 11.7. The summed E-state index contributed by atoms with van der Waals surface area (Å²) >= 11 is 0. The Hall–Kier alpha value is -7.18. The second-order valence-electron chi connectivity index (χ2n) is 14.5. The summed E-state index contributed by atoms with van der Waals surface area (Å²) in [4.78, 5) is 12.6. The Labute approximate surface area is 379 Å². The number of halogens is 20. The first-order valence-electron chi connectivity index (χ1n) is 18.9. The monoisotopic (exact) mass is 1030 g/mol. The van der Waals surface area contributed by atoms with E-state index in [-0.39, 0.29) is 5.97 Å². The predicted octanol–water partition coefficient (Wildman–Crippen LogP) is 10.6. The predicted molar refractivity (Wildman–Crippen MR) is 208 cm³/mol. The van der Waals surface area contributed by atoms with E-state index in [0.29, 0.717) is 11.5 Å². The van der Waals surface area contributed by atoms with Gasteiger partial charge in [0.1, 0.15) is 64.2 Å². The first kappa shape index (κ1) is 52.2. The van der Waals surface area contributed by atoms with Crippen molar-refractivity contribution in [1.29, 1.82) is 0 Å². The van der Waals surface area contributed by atoms with E-state index in [1.807, 2.05) is 72.8 Å². The molecule has 0 radical (unpaired) electrons. The van der Waals surface area contributed by atoms with E-state index in [1.165, 1.54) is 6.92 Å². The Kier molecular flexibility index (Phi) is 14.7. The van der Waals surface area contributed by atoms with Crippen molar-refractivity contribution >= 4 is 43.9 Å². The van der Waals surface area contributed by atoms with Crippen molar-refractivity contribution in [2.45, 2.75) is 22.5 Å². The van der Waals surface area contributed by atoms with Crippen molar-refractivity contribution in [3.63, 3.8) is 0 Å². The van der Waals surface area contributed by atoms with Crippen LogP contribution in [-0.2, 0) is 24.7 Å². The fraction of sp³-hybridized carbons (Fsp3) is 0.0444. The van der Waals surface area contributed by atoms with Gasteiger partial charge in [0.15, 0.2) is 89.5 Å². The fourth-order valence-corrected chi connectivity index (χ4v) is 9.97. The van der Waals surface area contributed by atoms with Gasteiger partial charge in [0, 0.05) is 12.5 Å². The molecule has 0 fully saturated rings. The van der Waals surface area contributed by atoms with Crippen molar-refractivity contribution in [3.8, 4) is 5.75 Å². The van der Waals surface area contributed by atoms with Gasteiger partial charge in [0.25, 0.3) is 0 Å². The highest BCUT2D eigenvalue weighted by Gasteiger charge is 2.52. The molecule has 366 valence electrons. The molecule has 0 bridgehead atoms. The van der Waals surface area contributed by atoms with E-state index in [2.05, 4.69) is 0 Å². The number of benzene rings is 7. The first-order valence-corrected chi connectivity index (χ1v) is 20.6. The van der Waals surface area contributed by atoms with E-state index < -0.39 is 154 Å². The molecule has 0 atom stereocenters. The van der Waals surface area contributed by atoms with E-state index in [9.17, 15) is 61.7 Å². The molecular weight excluding hydrogens is 1010 g/mol. The smallest absolute Gasteiger partial charge is 0.308 e. The Morgan fingerprint density at radius 2 is 0.600 bits per heavy atom. The van der Waals surface area contributed by atoms with Gasteiger partial charge in [0.2, 0.25) is 0 Å². The molecule has 7 rings (SSSR count). The van der Waals surface area contributed by atoms with E-state index in [1.54, 1.807) is 12.1 Å². The number of esters is 1. The molecule has 0 spiro atoms. The fourth-order valence-electron chi connectivity index (χ4n) is 7.51. The largest absolute Gasteiger partial charge is 0.427 e. The van der Waals surface area contributed by atoms with Crippen LogP contribution < -0.4 is 26.6 Å². The van der Waals surface area contributed by atoms with Crippen LogP contribution in [0.3, 0.4) is 0 Å². The summed E-state index contributed by atoms with van der Waals surface area (Å²) in [5.41, 5.74) is -13.4. The van der Waals surface area contributed by atoms with Crippen molar-refractivity contribution in [2.24, 2.45) is 0 Å². The van der Waals surface area contributed by atoms with Gasteiger partial charge in [-0.15, -0.1) is 21.9 Å².